The third kappa shape index (κ3) is 2.57. The number of likely N-dealkylation sites (N-methyl/N-ethyl adjacent to an activating group) is 2. The fourth-order valence-corrected chi connectivity index (χ4v) is 2.58. The molecule has 0 saturated carbocycles. The summed E-state index contributed by atoms with van der Waals surface area (Å²) in [4.78, 5) is 2.32. The van der Waals surface area contributed by atoms with Crippen molar-refractivity contribution >= 4 is 11.6 Å². The van der Waals surface area contributed by atoms with E-state index in [2.05, 4.69) is 35.5 Å². The van der Waals surface area contributed by atoms with Crippen LogP contribution in [0, 0.1) is 0 Å². The maximum absolute atomic E-state index is 6.32. The minimum Gasteiger partial charge on any atom is -0.319 e. The Bertz CT molecular complexity index is 359. The summed E-state index contributed by atoms with van der Waals surface area (Å²) in [7, 11) is 4.12. The molecule has 0 bridgehead atoms. The first-order valence-electron chi connectivity index (χ1n) is 5.82. The van der Waals surface area contributed by atoms with Crippen LogP contribution in [0.3, 0.4) is 0 Å². The Kier molecular flexibility index (Phi) is 3.85. The van der Waals surface area contributed by atoms with Crippen LogP contribution in [-0.4, -0.2) is 38.6 Å². The predicted octanol–water partition coefficient (Wildman–Crippen LogP) is 2.13. The van der Waals surface area contributed by atoms with Crippen molar-refractivity contribution in [3.63, 3.8) is 0 Å². The Balaban J connectivity index is 2.05. The van der Waals surface area contributed by atoms with Crippen LogP contribution in [0.1, 0.15) is 17.0 Å². The summed E-state index contributed by atoms with van der Waals surface area (Å²) in [6.45, 7) is 3.27. The molecule has 3 heteroatoms. The van der Waals surface area contributed by atoms with Crippen molar-refractivity contribution in [3.05, 3.63) is 34.3 Å². The summed E-state index contributed by atoms with van der Waals surface area (Å²) in [5.74, 6) is 0.635. The van der Waals surface area contributed by atoms with E-state index in [9.17, 15) is 0 Å². The van der Waals surface area contributed by atoms with Gasteiger partial charge in [-0.05, 0) is 44.3 Å². The molecule has 2 rings (SSSR count). The van der Waals surface area contributed by atoms with Crippen molar-refractivity contribution < 1.29 is 0 Å². The average molecular weight is 239 g/mol. The number of nitrogens with zero attached hydrogens (tertiary/aromatic N) is 1. The smallest absolute Gasteiger partial charge is 0.0444 e. The van der Waals surface area contributed by atoms with Crippen LogP contribution >= 0.6 is 11.6 Å². The number of hydrogen-bond donors (Lipinski definition) is 1. The predicted molar refractivity (Wildman–Crippen MR) is 69.3 cm³/mol. The number of likely N-dealkylation sites (tertiary alicyclic amines) is 1. The van der Waals surface area contributed by atoms with Crippen molar-refractivity contribution in [2.75, 3.05) is 33.7 Å². The van der Waals surface area contributed by atoms with Gasteiger partial charge in [-0.3, -0.25) is 0 Å². The van der Waals surface area contributed by atoms with Gasteiger partial charge in [0, 0.05) is 24.0 Å². The lowest BCUT2D eigenvalue weighted by atomic mass is 9.91. The van der Waals surface area contributed by atoms with Gasteiger partial charge in [0.15, 0.2) is 0 Å². The second kappa shape index (κ2) is 5.17. The van der Waals surface area contributed by atoms with E-state index in [1.54, 1.807) is 0 Å². The highest BCUT2D eigenvalue weighted by Gasteiger charge is 2.26. The molecule has 1 aliphatic rings. The molecule has 1 saturated heterocycles. The highest BCUT2D eigenvalue weighted by molar-refractivity contribution is 6.31. The van der Waals surface area contributed by atoms with Gasteiger partial charge in [0.2, 0.25) is 0 Å². The zero-order valence-corrected chi connectivity index (χ0v) is 10.7. The summed E-state index contributed by atoms with van der Waals surface area (Å²) in [5.41, 5.74) is 2.63. The second-order valence-corrected chi connectivity index (χ2v) is 5.03. The SMILES string of the molecule is CNCCc1ccc(C2CN(C)C2)c(Cl)c1. The van der Waals surface area contributed by atoms with E-state index >= 15 is 0 Å². The molecule has 0 amide bonds. The zero-order valence-electron chi connectivity index (χ0n) is 9.96. The van der Waals surface area contributed by atoms with Crippen LogP contribution in [0.15, 0.2) is 18.2 Å². The summed E-state index contributed by atoms with van der Waals surface area (Å²) >= 11 is 6.32. The van der Waals surface area contributed by atoms with E-state index in [1.807, 2.05) is 7.05 Å². The first kappa shape index (κ1) is 11.9. The minimum atomic E-state index is 0.635. The molecule has 0 spiro atoms. The van der Waals surface area contributed by atoms with Gasteiger partial charge in [-0.15, -0.1) is 0 Å². The highest BCUT2D eigenvalue weighted by atomic mass is 35.5. The van der Waals surface area contributed by atoms with Gasteiger partial charge in [-0.2, -0.15) is 0 Å². The van der Waals surface area contributed by atoms with E-state index in [4.69, 9.17) is 11.6 Å². The standard InChI is InChI=1S/C13H19ClN2/c1-15-6-5-10-3-4-12(13(14)7-10)11-8-16(2)9-11/h3-4,7,11,15H,5-6,8-9H2,1-2H3. The van der Waals surface area contributed by atoms with Crippen molar-refractivity contribution in [1.29, 1.82) is 0 Å². The molecular formula is C13H19ClN2. The summed E-state index contributed by atoms with van der Waals surface area (Å²) in [6, 6.07) is 6.52. The van der Waals surface area contributed by atoms with Gasteiger partial charge < -0.3 is 10.2 Å². The van der Waals surface area contributed by atoms with Crippen molar-refractivity contribution in [1.82, 2.24) is 10.2 Å². The molecule has 0 unspecified atom stereocenters. The summed E-state index contributed by atoms with van der Waals surface area (Å²) in [5, 5.41) is 4.09. The monoisotopic (exact) mass is 238 g/mol. The van der Waals surface area contributed by atoms with Crippen LogP contribution < -0.4 is 5.32 Å². The Morgan fingerprint density at radius 2 is 2.19 bits per heavy atom. The minimum absolute atomic E-state index is 0.635. The van der Waals surface area contributed by atoms with E-state index < -0.39 is 0 Å². The lowest BCUT2D eigenvalue weighted by molar-refractivity contribution is 0.190. The number of rotatable bonds is 4. The fraction of sp³-hybridized carbons (Fsp3) is 0.538. The Labute approximate surface area is 103 Å². The van der Waals surface area contributed by atoms with Crippen LogP contribution in [0.2, 0.25) is 5.02 Å². The number of hydrogen-bond acceptors (Lipinski definition) is 2. The number of nitrogens with one attached hydrogen (secondary N) is 1. The molecule has 0 aromatic heterocycles. The molecular weight excluding hydrogens is 220 g/mol. The molecule has 0 radical (unpaired) electrons. The fourth-order valence-electron chi connectivity index (χ4n) is 2.22. The quantitative estimate of drug-likeness (QED) is 0.865. The first-order chi connectivity index (χ1) is 7.70. The molecule has 1 aromatic carbocycles. The van der Waals surface area contributed by atoms with E-state index in [0.717, 1.165) is 31.1 Å². The average Bonchev–Trinajstić information content (AvgIpc) is 2.23. The molecule has 88 valence electrons. The molecule has 1 aromatic rings. The maximum Gasteiger partial charge on any atom is 0.0444 e. The second-order valence-electron chi connectivity index (χ2n) is 4.63. The van der Waals surface area contributed by atoms with Gasteiger partial charge in [-0.1, -0.05) is 23.7 Å². The van der Waals surface area contributed by atoms with Crippen LogP contribution in [-0.2, 0) is 6.42 Å². The number of halogens is 1. The largest absolute Gasteiger partial charge is 0.319 e. The summed E-state index contributed by atoms with van der Waals surface area (Å²) in [6.07, 6.45) is 1.04. The van der Waals surface area contributed by atoms with Crippen molar-refractivity contribution in [3.8, 4) is 0 Å². The van der Waals surface area contributed by atoms with Crippen molar-refractivity contribution in [2.24, 2.45) is 0 Å². The van der Waals surface area contributed by atoms with Crippen LogP contribution in [0.25, 0.3) is 0 Å². The molecule has 1 N–H and O–H groups in total. The molecule has 1 heterocycles. The third-order valence-electron chi connectivity index (χ3n) is 3.23. The molecule has 0 atom stereocenters. The van der Waals surface area contributed by atoms with E-state index in [-0.39, 0.29) is 0 Å². The Morgan fingerprint density at radius 1 is 1.44 bits per heavy atom. The normalized spacial score (nSPS) is 17.4. The Hall–Kier alpha value is -0.570. The zero-order chi connectivity index (χ0) is 11.5. The lowest BCUT2D eigenvalue weighted by Gasteiger charge is -2.37. The van der Waals surface area contributed by atoms with Crippen LogP contribution in [0.5, 0.6) is 0 Å². The maximum atomic E-state index is 6.32. The highest BCUT2D eigenvalue weighted by Crippen LogP contribution is 2.31. The molecule has 16 heavy (non-hydrogen) atoms. The Morgan fingerprint density at radius 3 is 2.75 bits per heavy atom. The molecule has 1 fully saturated rings. The number of benzene rings is 1. The molecule has 1 aliphatic heterocycles. The van der Waals surface area contributed by atoms with Gasteiger partial charge in [0.25, 0.3) is 0 Å². The molecule has 0 aliphatic carbocycles. The van der Waals surface area contributed by atoms with Gasteiger partial charge >= 0.3 is 0 Å². The van der Waals surface area contributed by atoms with E-state index in [0.29, 0.717) is 5.92 Å². The lowest BCUT2D eigenvalue weighted by Crippen LogP contribution is -2.41. The first-order valence-corrected chi connectivity index (χ1v) is 6.20. The topological polar surface area (TPSA) is 15.3 Å². The van der Waals surface area contributed by atoms with Crippen LogP contribution in [0.4, 0.5) is 0 Å². The van der Waals surface area contributed by atoms with Crippen molar-refractivity contribution in [2.45, 2.75) is 12.3 Å². The molecule has 2 nitrogen and oxygen atoms in total. The van der Waals surface area contributed by atoms with Gasteiger partial charge in [0.05, 0.1) is 0 Å². The van der Waals surface area contributed by atoms with Gasteiger partial charge in [-0.25, -0.2) is 0 Å². The summed E-state index contributed by atoms with van der Waals surface area (Å²) < 4.78 is 0. The van der Waals surface area contributed by atoms with Gasteiger partial charge in [0.1, 0.15) is 0 Å². The van der Waals surface area contributed by atoms with E-state index in [1.165, 1.54) is 11.1 Å². The third-order valence-corrected chi connectivity index (χ3v) is 3.56.